The second-order valence-electron chi connectivity index (χ2n) is 5.89. The zero-order valence-electron chi connectivity index (χ0n) is 13.0. The third-order valence-electron chi connectivity index (χ3n) is 4.34. The Morgan fingerprint density at radius 1 is 1.36 bits per heavy atom. The van der Waals surface area contributed by atoms with Crippen molar-refractivity contribution in [2.75, 3.05) is 6.54 Å². The van der Waals surface area contributed by atoms with Gasteiger partial charge in [-0.3, -0.25) is 4.90 Å². The summed E-state index contributed by atoms with van der Waals surface area (Å²) in [5.41, 5.74) is 0.988. The molecule has 0 aliphatic carbocycles. The SMILES string of the molecule is CCc1nc(CN2CCC[C@@H]2C[C@H](O)c2ccccc2)no1. The molecule has 0 unspecified atom stereocenters. The lowest BCUT2D eigenvalue weighted by atomic mass is 10.0. The average molecular weight is 301 g/mol. The lowest BCUT2D eigenvalue weighted by Gasteiger charge is -2.25. The van der Waals surface area contributed by atoms with Crippen LogP contribution in [0.15, 0.2) is 34.9 Å². The average Bonchev–Trinajstić information content (AvgIpc) is 3.18. The van der Waals surface area contributed by atoms with E-state index in [2.05, 4.69) is 15.0 Å². The number of aliphatic hydroxyl groups is 1. The van der Waals surface area contributed by atoms with Crippen LogP contribution in [0.25, 0.3) is 0 Å². The van der Waals surface area contributed by atoms with E-state index < -0.39 is 6.10 Å². The minimum absolute atomic E-state index is 0.374. The molecule has 1 saturated heterocycles. The van der Waals surface area contributed by atoms with Crippen LogP contribution < -0.4 is 0 Å². The van der Waals surface area contributed by atoms with Gasteiger partial charge in [-0.15, -0.1) is 0 Å². The van der Waals surface area contributed by atoms with Gasteiger partial charge in [0.05, 0.1) is 12.6 Å². The molecule has 2 heterocycles. The smallest absolute Gasteiger partial charge is 0.226 e. The fourth-order valence-corrected chi connectivity index (χ4v) is 3.12. The first-order chi connectivity index (χ1) is 10.8. The van der Waals surface area contributed by atoms with Gasteiger partial charge in [0.25, 0.3) is 0 Å². The highest BCUT2D eigenvalue weighted by Crippen LogP contribution is 2.28. The Hall–Kier alpha value is -1.72. The van der Waals surface area contributed by atoms with Crippen molar-refractivity contribution in [2.45, 2.75) is 51.3 Å². The monoisotopic (exact) mass is 301 g/mol. The fourth-order valence-electron chi connectivity index (χ4n) is 3.12. The summed E-state index contributed by atoms with van der Waals surface area (Å²) < 4.78 is 5.17. The van der Waals surface area contributed by atoms with Gasteiger partial charge >= 0.3 is 0 Å². The highest BCUT2D eigenvalue weighted by Gasteiger charge is 2.28. The summed E-state index contributed by atoms with van der Waals surface area (Å²) in [5.74, 6) is 1.44. The van der Waals surface area contributed by atoms with Crippen LogP contribution in [0, 0.1) is 0 Å². The van der Waals surface area contributed by atoms with Gasteiger partial charge in [-0.1, -0.05) is 42.4 Å². The number of rotatable bonds is 6. The molecule has 1 fully saturated rings. The first-order valence-electron chi connectivity index (χ1n) is 8.04. The maximum Gasteiger partial charge on any atom is 0.226 e. The van der Waals surface area contributed by atoms with Crippen molar-refractivity contribution in [3.8, 4) is 0 Å². The molecule has 5 heteroatoms. The van der Waals surface area contributed by atoms with Crippen molar-refractivity contribution in [1.82, 2.24) is 15.0 Å². The predicted octanol–water partition coefficient (Wildman–Crippen LogP) is 2.72. The van der Waals surface area contributed by atoms with Crippen molar-refractivity contribution >= 4 is 0 Å². The molecule has 1 aromatic heterocycles. The standard InChI is InChI=1S/C17H23N3O2/c1-2-17-18-16(19-22-17)12-20-10-6-9-14(20)11-15(21)13-7-4-3-5-8-13/h3-5,7-8,14-15,21H,2,6,9-12H2,1H3/t14-,15+/m1/s1. The van der Waals surface area contributed by atoms with Gasteiger partial charge in [-0.05, 0) is 31.4 Å². The van der Waals surface area contributed by atoms with Crippen molar-refractivity contribution < 1.29 is 9.63 Å². The van der Waals surface area contributed by atoms with E-state index in [1.165, 1.54) is 0 Å². The minimum Gasteiger partial charge on any atom is -0.388 e. The molecule has 0 bridgehead atoms. The Balaban J connectivity index is 1.60. The zero-order chi connectivity index (χ0) is 15.4. The number of benzene rings is 1. The van der Waals surface area contributed by atoms with E-state index in [9.17, 15) is 5.11 Å². The number of aliphatic hydroxyl groups excluding tert-OH is 1. The summed E-state index contributed by atoms with van der Waals surface area (Å²) in [6.45, 7) is 3.74. The first kappa shape index (κ1) is 15.2. The van der Waals surface area contributed by atoms with E-state index in [1.54, 1.807) is 0 Å². The van der Waals surface area contributed by atoms with Gasteiger partial charge in [-0.25, -0.2) is 0 Å². The molecule has 0 amide bonds. The molecule has 118 valence electrons. The molecule has 1 N–H and O–H groups in total. The Morgan fingerprint density at radius 3 is 2.91 bits per heavy atom. The molecule has 1 aliphatic rings. The molecule has 5 nitrogen and oxygen atoms in total. The van der Waals surface area contributed by atoms with Gasteiger partial charge in [0.2, 0.25) is 5.89 Å². The molecular weight excluding hydrogens is 278 g/mol. The number of aromatic nitrogens is 2. The Bertz CT molecular complexity index is 585. The van der Waals surface area contributed by atoms with Crippen LogP contribution >= 0.6 is 0 Å². The molecule has 22 heavy (non-hydrogen) atoms. The fraction of sp³-hybridized carbons (Fsp3) is 0.529. The van der Waals surface area contributed by atoms with Gasteiger partial charge in [0.1, 0.15) is 0 Å². The number of hydrogen-bond donors (Lipinski definition) is 1. The Morgan fingerprint density at radius 2 is 2.18 bits per heavy atom. The normalized spacial score (nSPS) is 20.4. The summed E-state index contributed by atoms with van der Waals surface area (Å²) in [6, 6.07) is 10.2. The van der Waals surface area contributed by atoms with Gasteiger partial charge < -0.3 is 9.63 Å². The van der Waals surface area contributed by atoms with Gasteiger partial charge in [0, 0.05) is 12.5 Å². The molecule has 2 aromatic rings. The second kappa shape index (κ2) is 7.03. The van der Waals surface area contributed by atoms with Crippen molar-refractivity contribution in [2.24, 2.45) is 0 Å². The third-order valence-corrected chi connectivity index (χ3v) is 4.34. The van der Waals surface area contributed by atoms with Crippen LogP contribution in [0.1, 0.15) is 49.6 Å². The summed E-state index contributed by atoms with van der Waals surface area (Å²) in [6.07, 6.45) is 3.38. The third kappa shape index (κ3) is 3.54. The topological polar surface area (TPSA) is 62.4 Å². The maximum atomic E-state index is 10.4. The quantitative estimate of drug-likeness (QED) is 0.889. The van der Waals surface area contributed by atoms with E-state index >= 15 is 0 Å². The Labute approximate surface area is 131 Å². The lowest BCUT2D eigenvalue weighted by Crippen LogP contribution is -2.30. The van der Waals surface area contributed by atoms with Crippen LogP contribution in [-0.2, 0) is 13.0 Å². The van der Waals surface area contributed by atoms with Crippen LogP contribution in [0.3, 0.4) is 0 Å². The maximum absolute atomic E-state index is 10.4. The van der Waals surface area contributed by atoms with E-state index in [4.69, 9.17) is 4.52 Å². The number of likely N-dealkylation sites (tertiary alicyclic amines) is 1. The molecular formula is C17H23N3O2. The van der Waals surface area contributed by atoms with E-state index in [-0.39, 0.29) is 0 Å². The molecule has 1 aromatic carbocycles. The van der Waals surface area contributed by atoms with Gasteiger partial charge in [0.15, 0.2) is 5.82 Å². The van der Waals surface area contributed by atoms with Crippen LogP contribution in [-0.4, -0.2) is 32.7 Å². The number of hydrogen-bond acceptors (Lipinski definition) is 5. The van der Waals surface area contributed by atoms with Crippen LogP contribution in [0.5, 0.6) is 0 Å². The summed E-state index contributed by atoms with van der Waals surface area (Å²) in [4.78, 5) is 6.74. The number of nitrogens with zero attached hydrogens (tertiary/aromatic N) is 3. The van der Waals surface area contributed by atoms with Crippen molar-refractivity contribution in [3.05, 3.63) is 47.6 Å². The lowest BCUT2D eigenvalue weighted by molar-refractivity contribution is 0.116. The molecule has 0 spiro atoms. The second-order valence-corrected chi connectivity index (χ2v) is 5.89. The van der Waals surface area contributed by atoms with Crippen LogP contribution in [0.4, 0.5) is 0 Å². The molecule has 1 aliphatic heterocycles. The molecule has 2 atom stereocenters. The zero-order valence-corrected chi connectivity index (χ0v) is 13.0. The largest absolute Gasteiger partial charge is 0.388 e. The molecule has 0 radical (unpaired) electrons. The minimum atomic E-state index is -0.414. The van der Waals surface area contributed by atoms with Gasteiger partial charge in [-0.2, -0.15) is 4.98 Å². The van der Waals surface area contributed by atoms with Crippen LogP contribution in [0.2, 0.25) is 0 Å². The van der Waals surface area contributed by atoms with E-state index in [1.807, 2.05) is 37.3 Å². The van der Waals surface area contributed by atoms with Crippen molar-refractivity contribution in [1.29, 1.82) is 0 Å². The first-order valence-corrected chi connectivity index (χ1v) is 8.04. The molecule has 0 saturated carbocycles. The predicted molar refractivity (Wildman–Crippen MR) is 83.1 cm³/mol. The summed E-state index contributed by atoms with van der Waals surface area (Å²) in [5, 5.41) is 14.5. The van der Waals surface area contributed by atoms with E-state index in [0.717, 1.165) is 43.6 Å². The van der Waals surface area contributed by atoms with Crippen molar-refractivity contribution in [3.63, 3.8) is 0 Å². The summed E-state index contributed by atoms with van der Waals surface area (Å²) in [7, 11) is 0. The highest BCUT2D eigenvalue weighted by atomic mass is 16.5. The van der Waals surface area contributed by atoms with E-state index in [0.29, 0.717) is 18.5 Å². The highest BCUT2D eigenvalue weighted by molar-refractivity contribution is 5.17. The molecule has 3 rings (SSSR count). The number of aryl methyl sites for hydroxylation is 1. The summed E-state index contributed by atoms with van der Waals surface area (Å²) >= 11 is 0. The Kier molecular flexibility index (Phi) is 4.85.